The molecule has 1 aliphatic rings. The number of hydrogen-bond acceptors (Lipinski definition) is 5. The maximum atomic E-state index is 12.9. The Balaban J connectivity index is 1.44. The predicted octanol–water partition coefficient (Wildman–Crippen LogP) is 3.49. The quantitative estimate of drug-likeness (QED) is 0.628. The summed E-state index contributed by atoms with van der Waals surface area (Å²) in [6, 6.07) is 0.768. The van der Waals surface area contributed by atoms with Crippen LogP contribution in [0.15, 0.2) is 27.9 Å². The minimum atomic E-state index is -4.46. The zero-order valence-corrected chi connectivity index (χ0v) is 17.2. The molecule has 0 aromatic carbocycles. The molecule has 2 N–H and O–H groups in total. The van der Waals surface area contributed by atoms with E-state index < -0.39 is 27.8 Å². The lowest BCUT2D eigenvalue weighted by Gasteiger charge is -2.35. The van der Waals surface area contributed by atoms with Gasteiger partial charge in [-0.1, -0.05) is 0 Å². The SMILES string of the molecule is Cc1cnc(-c2cc(S(=O)(=O)N[C@H]3C[C@H](n4cc(C(F)(F)F)c(C)n4)C3)[nH]c2C)o1. The van der Waals surface area contributed by atoms with Crippen LogP contribution in [0.2, 0.25) is 0 Å². The third-order valence-corrected chi connectivity index (χ3v) is 6.61. The number of hydrogen-bond donors (Lipinski definition) is 2. The number of H-pyrrole nitrogens is 1. The van der Waals surface area contributed by atoms with Crippen molar-refractivity contribution in [2.24, 2.45) is 0 Å². The minimum absolute atomic E-state index is 0.0244. The van der Waals surface area contributed by atoms with Gasteiger partial charge in [0.15, 0.2) is 0 Å². The molecule has 1 fully saturated rings. The molecule has 4 rings (SSSR count). The number of aromatic amines is 1. The molecule has 0 aliphatic heterocycles. The Kier molecular flexibility index (Phi) is 4.81. The van der Waals surface area contributed by atoms with Crippen LogP contribution < -0.4 is 4.72 Å². The maximum Gasteiger partial charge on any atom is 0.419 e. The fraction of sp³-hybridized carbons (Fsp3) is 0.444. The molecule has 0 radical (unpaired) electrons. The first-order valence-electron chi connectivity index (χ1n) is 9.21. The second kappa shape index (κ2) is 6.98. The topological polar surface area (TPSA) is 106 Å². The third kappa shape index (κ3) is 3.76. The molecule has 0 atom stereocenters. The van der Waals surface area contributed by atoms with Crippen LogP contribution in [-0.4, -0.2) is 34.2 Å². The minimum Gasteiger partial charge on any atom is -0.441 e. The van der Waals surface area contributed by atoms with E-state index >= 15 is 0 Å². The van der Waals surface area contributed by atoms with E-state index in [0.717, 1.165) is 6.20 Å². The lowest BCUT2D eigenvalue weighted by atomic mass is 9.88. The summed E-state index contributed by atoms with van der Waals surface area (Å²) in [7, 11) is -3.84. The van der Waals surface area contributed by atoms with Crippen LogP contribution in [0.5, 0.6) is 0 Å². The fourth-order valence-electron chi connectivity index (χ4n) is 3.50. The highest BCUT2D eigenvalue weighted by Gasteiger charge is 2.39. The van der Waals surface area contributed by atoms with Gasteiger partial charge in [-0.15, -0.1) is 0 Å². The highest BCUT2D eigenvalue weighted by atomic mass is 32.2. The van der Waals surface area contributed by atoms with Gasteiger partial charge < -0.3 is 9.40 Å². The van der Waals surface area contributed by atoms with Crippen molar-refractivity contribution < 1.29 is 26.0 Å². The van der Waals surface area contributed by atoms with Gasteiger partial charge in [-0.25, -0.2) is 18.1 Å². The second-order valence-corrected chi connectivity index (χ2v) is 9.18. The molecule has 1 saturated carbocycles. The Morgan fingerprint density at radius 2 is 1.97 bits per heavy atom. The number of alkyl halides is 3. The number of rotatable bonds is 5. The zero-order chi connectivity index (χ0) is 21.8. The number of halogens is 3. The Bertz CT molecular complexity index is 1190. The summed E-state index contributed by atoms with van der Waals surface area (Å²) >= 11 is 0. The van der Waals surface area contributed by atoms with E-state index in [1.807, 2.05) is 0 Å². The first kappa shape index (κ1) is 20.7. The van der Waals surface area contributed by atoms with Crippen LogP contribution >= 0.6 is 0 Å². The second-order valence-electron chi connectivity index (χ2n) is 7.50. The van der Waals surface area contributed by atoms with Gasteiger partial charge in [0.1, 0.15) is 10.8 Å². The summed E-state index contributed by atoms with van der Waals surface area (Å²) in [5, 5.41) is 3.91. The van der Waals surface area contributed by atoms with E-state index in [9.17, 15) is 21.6 Å². The summed E-state index contributed by atoms with van der Waals surface area (Å²) in [5.41, 5.74) is 0.266. The lowest BCUT2D eigenvalue weighted by molar-refractivity contribution is -0.138. The number of aromatic nitrogens is 4. The Morgan fingerprint density at radius 3 is 2.53 bits per heavy atom. The normalized spacial score (nSPS) is 19.8. The highest BCUT2D eigenvalue weighted by molar-refractivity contribution is 7.89. The lowest BCUT2D eigenvalue weighted by Crippen LogP contribution is -2.45. The van der Waals surface area contributed by atoms with Crippen LogP contribution in [0, 0.1) is 20.8 Å². The molecule has 8 nitrogen and oxygen atoms in total. The van der Waals surface area contributed by atoms with Crippen molar-refractivity contribution >= 4 is 10.0 Å². The van der Waals surface area contributed by atoms with Gasteiger partial charge in [0.25, 0.3) is 10.0 Å². The van der Waals surface area contributed by atoms with E-state index in [1.54, 1.807) is 20.0 Å². The van der Waals surface area contributed by atoms with E-state index in [-0.39, 0.29) is 16.8 Å². The van der Waals surface area contributed by atoms with Gasteiger partial charge in [0, 0.05) is 17.9 Å². The molecule has 3 aromatic rings. The number of aryl methyl sites for hydroxylation is 3. The summed E-state index contributed by atoms with van der Waals surface area (Å²) in [5.74, 6) is 0.928. The standard InChI is InChI=1S/C18H20F3N5O3S/c1-9-7-22-17(29-9)14-6-16(23-10(14)2)30(27,28)25-12-4-13(5-12)26-8-15(11(3)24-26)18(19,20)21/h6-8,12-13,23,25H,4-5H2,1-3H3/t12-,13-. The van der Waals surface area contributed by atoms with E-state index in [1.165, 1.54) is 17.7 Å². The van der Waals surface area contributed by atoms with E-state index in [0.29, 0.717) is 35.7 Å². The van der Waals surface area contributed by atoms with E-state index in [2.05, 4.69) is 19.8 Å². The Morgan fingerprint density at radius 1 is 1.27 bits per heavy atom. The van der Waals surface area contributed by atoms with Crippen LogP contribution in [0.25, 0.3) is 11.5 Å². The van der Waals surface area contributed by atoms with Crippen LogP contribution in [-0.2, 0) is 16.2 Å². The summed E-state index contributed by atoms with van der Waals surface area (Å²) in [6.45, 7) is 4.76. The van der Waals surface area contributed by atoms with Crippen LogP contribution in [0.3, 0.4) is 0 Å². The zero-order valence-electron chi connectivity index (χ0n) is 16.4. The number of oxazole rings is 1. The molecule has 3 aromatic heterocycles. The van der Waals surface area contributed by atoms with Crippen LogP contribution in [0.4, 0.5) is 13.2 Å². The molecule has 0 amide bonds. The highest BCUT2D eigenvalue weighted by Crippen LogP contribution is 2.37. The van der Waals surface area contributed by atoms with E-state index in [4.69, 9.17) is 4.42 Å². The number of sulfonamides is 1. The first-order valence-corrected chi connectivity index (χ1v) is 10.7. The fourth-order valence-corrected chi connectivity index (χ4v) is 4.82. The molecule has 0 spiro atoms. The Hall–Kier alpha value is -2.60. The van der Waals surface area contributed by atoms with Gasteiger partial charge in [-0.3, -0.25) is 4.68 Å². The molecule has 30 heavy (non-hydrogen) atoms. The summed E-state index contributed by atoms with van der Waals surface area (Å²) in [4.78, 5) is 6.93. The monoisotopic (exact) mass is 443 g/mol. The van der Waals surface area contributed by atoms with Crippen molar-refractivity contribution in [1.29, 1.82) is 0 Å². The number of nitrogens with zero attached hydrogens (tertiary/aromatic N) is 3. The summed E-state index contributed by atoms with van der Waals surface area (Å²) < 4.78 is 73.5. The summed E-state index contributed by atoms with van der Waals surface area (Å²) in [6.07, 6.45) is -1.24. The molecular formula is C18H20F3N5O3S. The van der Waals surface area contributed by atoms with Gasteiger partial charge in [-0.2, -0.15) is 18.3 Å². The molecule has 1 aliphatic carbocycles. The molecular weight excluding hydrogens is 423 g/mol. The van der Waals surface area contributed by atoms with Crippen molar-refractivity contribution in [2.75, 3.05) is 0 Å². The number of nitrogens with one attached hydrogen (secondary N) is 2. The average molecular weight is 443 g/mol. The van der Waals surface area contributed by atoms with Gasteiger partial charge in [-0.05, 0) is 39.7 Å². The Labute approximate surface area is 170 Å². The van der Waals surface area contributed by atoms with Crippen molar-refractivity contribution in [3.63, 3.8) is 0 Å². The molecule has 12 heteroatoms. The van der Waals surface area contributed by atoms with Crippen molar-refractivity contribution in [2.45, 2.75) is 56.9 Å². The molecule has 3 heterocycles. The van der Waals surface area contributed by atoms with Crippen molar-refractivity contribution in [3.8, 4) is 11.5 Å². The third-order valence-electron chi connectivity index (χ3n) is 5.16. The maximum absolute atomic E-state index is 12.9. The smallest absolute Gasteiger partial charge is 0.419 e. The average Bonchev–Trinajstić information content (AvgIpc) is 3.28. The first-order chi connectivity index (χ1) is 13.9. The molecule has 0 bridgehead atoms. The van der Waals surface area contributed by atoms with Crippen molar-refractivity contribution in [1.82, 2.24) is 24.5 Å². The molecule has 0 unspecified atom stereocenters. The van der Waals surface area contributed by atoms with Gasteiger partial charge >= 0.3 is 6.18 Å². The molecule has 0 saturated heterocycles. The van der Waals surface area contributed by atoms with Gasteiger partial charge in [0.2, 0.25) is 5.89 Å². The molecule has 162 valence electrons. The van der Waals surface area contributed by atoms with Crippen LogP contribution in [0.1, 0.15) is 41.6 Å². The van der Waals surface area contributed by atoms with Crippen molar-refractivity contribution in [3.05, 3.63) is 41.2 Å². The predicted molar refractivity (Wildman–Crippen MR) is 100 cm³/mol. The van der Waals surface area contributed by atoms with Gasteiger partial charge in [0.05, 0.1) is 29.1 Å². The largest absolute Gasteiger partial charge is 0.441 e.